The number of aliphatic hydroxyl groups is 2. The normalized spacial score (nSPS) is 25.2. The van der Waals surface area contributed by atoms with Crippen molar-refractivity contribution < 1.29 is 28.9 Å². The molecular formula is C23H24N2O6S. The number of benzene rings is 1. The number of carbonyl (C=O) groups excluding carboxylic acids is 1. The lowest BCUT2D eigenvalue weighted by Crippen LogP contribution is -2.42. The molecule has 2 aliphatic rings. The van der Waals surface area contributed by atoms with E-state index in [4.69, 9.17) is 13.9 Å². The summed E-state index contributed by atoms with van der Waals surface area (Å²) in [7, 11) is 0. The molecule has 4 heterocycles. The van der Waals surface area contributed by atoms with E-state index in [9.17, 15) is 15.0 Å². The number of anilines is 1. The zero-order valence-electron chi connectivity index (χ0n) is 17.8. The summed E-state index contributed by atoms with van der Waals surface area (Å²) in [6.45, 7) is 5.22. The largest absolute Gasteiger partial charge is 0.504 e. The summed E-state index contributed by atoms with van der Waals surface area (Å²) in [5.41, 5.74) is 0.884. The molecule has 0 aliphatic carbocycles. The van der Waals surface area contributed by atoms with Crippen LogP contribution in [0.25, 0.3) is 16.0 Å². The zero-order valence-corrected chi connectivity index (χ0v) is 18.6. The second kappa shape index (κ2) is 8.23. The molecule has 168 valence electrons. The SMILES string of the molecule is CCOc1ccc2nc(N3C(O)C(=O)/C(=C(/O)c4ccc(C)o4)C3C3CCOC3)sc2c1. The monoisotopic (exact) mass is 456 g/mol. The molecule has 2 saturated heterocycles. The fourth-order valence-electron chi connectivity index (χ4n) is 4.40. The molecule has 2 aliphatic heterocycles. The van der Waals surface area contributed by atoms with Gasteiger partial charge in [0, 0.05) is 12.5 Å². The Kier molecular flexibility index (Phi) is 5.40. The highest BCUT2D eigenvalue weighted by atomic mass is 32.1. The van der Waals surface area contributed by atoms with Crippen molar-refractivity contribution in [1.29, 1.82) is 0 Å². The molecule has 0 amide bonds. The first-order chi connectivity index (χ1) is 15.5. The number of aromatic nitrogens is 1. The Morgan fingerprint density at radius 3 is 2.88 bits per heavy atom. The van der Waals surface area contributed by atoms with Crippen LogP contribution in [-0.4, -0.2) is 53.1 Å². The van der Waals surface area contributed by atoms with E-state index in [1.54, 1.807) is 24.0 Å². The highest BCUT2D eigenvalue weighted by molar-refractivity contribution is 7.22. The van der Waals surface area contributed by atoms with Crippen LogP contribution in [0.5, 0.6) is 5.75 Å². The van der Waals surface area contributed by atoms with E-state index in [0.717, 1.165) is 16.0 Å². The third-order valence-electron chi connectivity index (χ3n) is 5.88. The number of fused-ring (bicyclic) bond motifs is 1. The minimum Gasteiger partial charge on any atom is -0.504 e. The first-order valence-electron chi connectivity index (χ1n) is 10.6. The Bertz CT molecular complexity index is 1190. The number of aryl methyl sites for hydroxylation is 1. The molecule has 3 atom stereocenters. The van der Waals surface area contributed by atoms with Crippen LogP contribution in [0, 0.1) is 12.8 Å². The molecule has 32 heavy (non-hydrogen) atoms. The molecule has 2 N–H and O–H groups in total. The first kappa shape index (κ1) is 21.0. The number of rotatable bonds is 5. The molecule has 1 aromatic carbocycles. The Labute approximate surface area is 188 Å². The van der Waals surface area contributed by atoms with Crippen LogP contribution in [0.1, 0.15) is 24.9 Å². The van der Waals surface area contributed by atoms with Gasteiger partial charge in [0.1, 0.15) is 11.5 Å². The number of ether oxygens (including phenoxy) is 2. The lowest BCUT2D eigenvalue weighted by molar-refractivity contribution is -0.121. The molecule has 8 nitrogen and oxygen atoms in total. The van der Waals surface area contributed by atoms with Gasteiger partial charge in [-0.25, -0.2) is 4.98 Å². The van der Waals surface area contributed by atoms with Crippen LogP contribution in [0.2, 0.25) is 0 Å². The molecule has 0 radical (unpaired) electrons. The molecule has 3 unspecified atom stereocenters. The Morgan fingerprint density at radius 1 is 1.34 bits per heavy atom. The molecule has 2 fully saturated rings. The van der Waals surface area contributed by atoms with Gasteiger partial charge in [-0.15, -0.1) is 0 Å². The molecule has 0 bridgehead atoms. The average molecular weight is 457 g/mol. The van der Waals surface area contributed by atoms with E-state index in [0.29, 0.717) is 37.1 Å². The minimum absolute atomic E-state index is 0.0877. The van der Waals surface area contributed by atoms with Crippen LogP contribution in [-0.2, 0) is 9.53 Å². The van der Waals surface area contributed by atoms with Crippen molar-refractivity contribution in [3.63, 3.8) is 0 Å². The van der Waals surface area contributed by atoms with Crippen LogP contribution in [0.4, 0.5) is 5.13 Å². The van der Waals surface area contributed by atoms with Gasteiger partial charge in [0.05, 0.1) is 35.0 Å². The van der Waals surface area contributed by atoms with Gasteiger partial charge in [0.15, 0.2) is 22.9 Å². The molecule has 2 aromatic heterocycles. The number of hydrogen-bond acceptors (Lipinski definition) is 9. The summed E-state index contributed by atoms with van der Waals surface area (Å²) >= 11 is 1.37. The standard InChI is InChI=1S/C23H24N2O6S/c1-3-30-14-5-6-15-17(10-14)32-23(24-15)25-19(13-8-9-29-11-13)18(21(27)22(25)28)20(26)16-7-4-12(2)31-16/h4-7,10,13,19,22,26,28H,3,8-9,11H2,1-2H3/b20-18+. The number of thiazole rings is 1. The number of Topliss-reactive ketones (excluding diaryl/α,β-unsaturated/α-hetero) is 1. The van der Waals surface area contributed by atoms with Crippen LogP contribution in [0.15, 0.2) is 40.3 Å². The quantitative estimate of drug-likeness (QED) is 0.443. The number of ketones is 1. The lowest BCUT2D eigenvalue weighted by Gasteiger charge is -2.29. The fraction of sp³-hybridized carbons (Fsp3) is 0.391. The first-order valence-corrected chi connectivity index (χ1v) is 11.4. The van der Waals surface area contributed by atoms with Gasteiger partial charge in [0.2, 0.25) is 5.78 Å². The number of aliphatic hydroxyl groups excluding tert-OH is 2. The van der Waals surface area contributed by atoms with Crippen LogP contribution < -0.4 is 9.64 Å². The van der Waals surface area contributed by atoms with Crippen LogP contribution in [0.3, 0.4) is 0 Å². The third-order valence-corrected chi connectivity index (χ3v) is 6.91. The predicted octanol–water partition coefficient (Wildman–Crippen LogP) is 3.68. The summed E-state index contributed by atoms with van der Waals surface area (Å²) < 4.78 is 17.6. The number of hydrogen-bond donors (Lipinski definition) is 2. The molecule has 0 saturated carbocycles. The number of carbonyl (C=O) groups is 1. The third kappa shape index (κ3) is 3.46. The van der Waals surface area contributed by atoms with Gasteiger partial charge in [-0.2, -0.15) is 0 Å². The van der Waals surface area contributed by atoms with Crippen molar-refractivity contribution >= 4 is 38.2 Å². The summed E-state index contributed by atoms with van der Waals surface area (Å²) in [4.78, 5) is 19.5. The molecule has 5 rings (SSSR count). The van der Waals surface area contributed by atoms with Crippen molar-refractivity contribution in [2.45, 2.75) is 32.5 Å². The second-order valence-corrected chi connectivity index (χ2v) is 8.95. The number of nitrogens with zero attached hydrogens (tertiary/aromatic N) is 2. The summed E-state index contributed by atoms with van der Waals surface area (Å²) in [6.07, 6.45) is -0.755. The van der Waals surface area contributed by atoms with Crippen molar-refractivity contribution in [2.24, 2.45) is 5.92 Å². The smallest absolute Gasteiger partial charge is 0.214 e. The molecule has 3 aromatic rings. The van der Waals surface area contributed by atoms with Gasteiger partial charge >= 0.3 is 0 Å². The maximum absolute atomic E-state index is 13.2. The second-order valence-electron chi connectivity index (χ2n) is 7.95. The summed E-state index contributed by atoms with van der Waals surface area (Å²) in [5.74, 6) is 0.668. The van der Waals surface area contributed by atoms with Crippen LogP contribution >= 0.6 is 11.3 Å². The van der Waals surface area contributed by atoms with E-state index in [2.05, 4.69) is 4.98 Å². The van der Waals surface area contributed by atoms with E-state index in [-0.39, 0.29) is 23.0 Å². The molecule has 0 spiro atoms. The fourth-order valence-corrected chi connectivity index (χ4v) is 5.45. The topological polar surface area (TPSA) is 105 Å². The Morgan fingerprint density at radius 2 is 2.19 bits per heavy atom. The Balaban J connectivity index is 1.62. The van der Waals surface area contributed by atoms with E-state index in [1.165, 1.54) is 11.3 Å². The van der Waals surface area contributed by atoms with E-state index in [1.807, 2.05) is 25.1 Å². The van der Waals surface area contributed by atoms with Crippen molar-refractivity contribution in [3.05, 3.63) is 47.4 Å². The van der Waals surface area contributed by atoms with Crippen molar-refractivity contribution in [1.82, 2.24) is 4.98 Å². The molecule has 9 heteroatoms. The molecular weight excluding hydrogens is 432 g/mol. The van der Waals surface area contributed by atoms with Crippen molar-refractivity contribution in [2.75, 3.05) is 24.7 Å². The van der Waals surface area contributed by atoms with Gasteiger partial charge in [-0.3, -0.25) is 4.79 Å². The van der Waals surface area contributed by atoms with Gasteiger partial charge in [0.25, 0.3) is 0 Å². The van der Waals surface area contributed by atoms with E-state index >= 15 is 0 Å². The zero-order chi connectivity index (χ0) is 22.4. The summed E-state index contributed by atoms with van der Waals surface area (Å²) in [5, 5.41) is 22.5. The van der Waals surface area contributed by atoms with Gasteiger partial charge in [-0.1, -0.05) is 11.3 Å². The predicted molar refractivity (Wildman–Crippen MR) is 120 cm³/mol. The maximum Gasteiger partial charge on any atom is 0.214 e. The minimum atomic E-state index is -1.46. The van der Waals surface area contributed by atoms with E-state index < -0.39 is 18.1 Å². The lowest BCUT2D eigenvalue weighted by atomic mass is 9.91. The number of furan rings is 1. The van der Waals surface area contributed by atoms with Gasteiger partial charge in [-0.05, 0) is 50.6 Å². The highest BCUT2D eigenvalue weighted by Gasteiger charge is 2.51. The summed E-state index contributed by atoms with van der Waals surface area (Å²) in [6, 6.07) is 8.36. The maximum atomic E-state index is 13.2. The van der Waals surface area contributed by atoms with Gasteiger partial charge < -0.3 is 29.0 Å². The van der Waals surface area contributed by atoms with Crippen molar-refractivity contribution in [3.8, 4) is 5.75 Å². The Hall–Kier alpha value is -2.88. The average Bonchev–Trinajstić information content (AvgIpc) is 3.55. The highest BCUT2D eigenvalue weighted by Crippen LogP contribution is 2.43.